The van der Waals surface area contributed by atoms with E-state index in [0.717, 1.165) is 39.0 Å². The smallest absolute Gasteiger partial charge is 0.119 e. The van der Waals surface area contributed by atoms with E-state index in [-0.39, 0.29) is 0 Å². The molecule has 0 radical (unpaired) electrons. The zero-order valence-electron chi connectivity index (χ0n) is 13.7. The van der Waals surface area contributed by atoms with Gasteiger partial charge in [0, 0.05) is 16.0 Å². The van der Waals surface area contributed by atoms with Crippen molar-refractivity contribution in [1.82, 2.24) is 4.98 Å². The molecule has 0 aliphatic rings. The van der Waals surface area contributed by atoms with Crippen LogP contribution < -0.4 is 4.74 Å². The van der Waals surface area contributed by atoms with Gasteiger partial charge in [-0.2, -0.15) is 0 Å². The quantitative estimate of drug-likeness (QED) is 0.439. The van der Waals surface area contributed by atoms with Gasteiger partial charge in [-0.15, -0.1) is 0 Å². The molecule has 0 atom stereocenters. The largest absolute Gasteiger partial charge is 0.497 e. The Hall–Kier alpha value is -2.84. The molecule has 4 rings (SSSR count). The van der Waals surface area contributed by atoms with Crippen molar-refractivity contribution in [3.05, 3.63) is 83.9 Å². The molecule has 0 unspecified atom stereocenters. The number of methoxy groups -OCH3 is 1. The lowest BCUT2D eigenvalue weighted by Crippen LogP contribution is -1.92. The van der Waals surface area contributed by atoms with Gasteiger partial charge in [-0.1, -0.05) is 60.1 Å². The van der Waals surface area contributed by atoms with Gasteiger partial charge in [0.15, 0.2) is 0 Å². The van der Waals surface area contributed by atoms with E-state index < -0.39 is 0 Å². The number of hydrogen-bond donors (Lipinski definition) is 0. The monoisotopic (exact) mass is 345 g/mol. The Labute approximate surface area is 151 Å². The van der Waals surface area contributed by atoms with Crippen LogP contribution in [0.1, 0.15) is 0 Å². The van der Waals surface area contributed by atoms with Crippen molar-refractivity contribution < 1.29 is 4.74 Å². The highest BCUT2D eigenvalue weighted by Gasteiger charge is 2.12. The Balaban J connectivity index is 2.03. The fourth-order valence-corrected chi connectivity index (χ4v) is 3.23. The second-order valence-corrected chi connectivity index (χ2v) is 6.19. The normalized spacial score (nSPS) is 10.8. The van der Waals surface area contributed by atoms with Crippen molar-refractivity contribution in [2.75, 3.05) is 7.11 Å². The van der Waals surface area contributed by atoms with Crippen LogP contribution in [-0.4, -0.2) is 12.1 Å². The second-order valence-electron chi connectivity index (χ2n) is 5.78. The molecular formula is C22H16ClNO. The van der Waals surface area contributed by atoms with E-state index in [2.05, 4.69) is 18.2 Å². The number of halogens is 1. The van der Waals surface area contributed by atoms with Gasteiger partial charge in [0.2, 0.25) is 0 Å². The third kappa shape index (κ3) is 2.97. The third-order valence-electron chi connectivity index (χ3n) is 4.25. The van der Waals surface area contributed by atoms with Crippen LogP contribution in [-0.2, 0) is 0 Å². The van der Waals surface area contributed by atoms with E-state index >= 15 is 0 Å². The summed E-state index contributed by atoms with van der Waals surface area (Å²) in [4.78, 5) is 4.83. The molecular weight excluding hydrogens is 330 g/mol. The summed E-state index contributed by atoms with van der Waals surface area (Å²) >= 11 is 6.40. The number of nitrogens with zero attached hydrogens (tertiary/aromatic N) is 1. The van der Waals surface area contributed by atoms with E-state index in [4.69, 9.17) is 21.3 Å². The van der Waals surface area contributed by atoms with Gasteiger partial charge in [0.05, 0.1) is 18.3 Å². The maximum atomic E-state index is 6.40. The first-order chi connectivity index (χ1) is 12.3. The summed E-state index contributed by atoms with van der Waals surface area (Å²) in [6.07, 6.45) is 0. The minimum atomic E-state index is 0.696. The predicted molar refractivity (Wildman–Crippen MR) is 104 cm³/mol. The molecule has 3 heteroatoms. The van der Waals surface area contributed by atoms with Gasteiger partial charge < -0.3 is 4.74 Å². The molecule has 2 nitrogen and oxygen atoms in total. The summed E-state index contributed by atoms with van der Waals surface area (Å²) in [5.41, 5.74) is 4.95. The first-order valence-electron chi connectivity index (χ1n) is 8.05. The van der Waals surface area contributed by atoms with E-state index in [1.54, 1.807) is 7.11 Å². The molecule has 4 aromatic rings. The van der Waals surface area contributed by atoms with E-state index in [9.17, 15) is 0 Å². The van der Waals surface area contributed by atoms with Crippen molar-refractivity contribution in [2.45, 2.75) is 0 Å². The Morgan fingerprint density at radius 3 is 2.32 bits per heavy atom. The van der Waals surface area contributed by atoms with E-state index in [1.807, 2.05) is 60.7 Å². The Bertz CT molecular complexity index is 1040. The van der Waals surface area contributed by atoms with Crippen LogP contribution >= 0.6 is 11.6 Å². The number of fused-ring (bicyclic) bond motifs is 1. The lowest BCUT2D eigenvalue weighted by Gasteiger charge is -2.12. The second kappa shape index (κ2) is 6.58. The number of rotatable bonds is 3. The van der Waals surface area contributed by atoms with Crippen LogP contribution in [0.15, 0.2) is 78.9 Å². The van der Waals surface area contributed by atoms with Crippen molar-refractivity contribution >= 4 is 22.5 Å². The van der Waals surface area contributed by atoms with E-state index in [1.165, 1.54) is 0 Å². The molecule has 0 amide bonds. The summed E-state index contributed by atoms with van der Waals surface area (Å²) in [5, 5.41) is 1.75. The van der Waals surface area contributed by atoms with E-state index in [0.29, 0.717) is 5.02 Å². The Morgan fingerprint density at radius 1 is 0.800 bits per heavy atom. The molecule has 0 bridgehead atoms. The number of hydrogen-bond acceptors (Lipinski definition) is 2. The molecule has 3 aromatic carbocycles. The van der Waals surface area contributed by atoms with Crippen LogP contribution in [0, 0.1) is 0 Å². The highest BCUT2D eigenvalue weighted by molar-refractivity contribution is 6.33. The molecule has 25 heavy (non-hydrogen) atoms. The van der Waals surface area contributed by atoms with Crippen molar-refractivity contribution in [1.29, 1.82) is 0 Å². The highest BCUT2D eigenvalue weighted by atomic mass is 35.5. The maximum Gasteiger partial charge on any atom is 0.119 e. The fraction of sp³-hybridized carbons (Fsp3) is 0.0455. The lowest BCUT2D eigenvalue weighted by atomic mass is 9.98. The van der Waals surface area contributed by atoms with Crippen molar-refractivity contribution in [2.24, 2.45) is 0 Å². The maximum absolute atomic E-state index is 6.40. The molecule has 0 aliphatic heterocycles. The number of pyridine rings is 1. The standard InChI is InChI=1S/C22H16ClNO/c1-25-16-11-12-21-19(13-16)18(15-7-3-2-4-8-15)14-22(24-21)17-9-5-6-10-20(17)23/h2-14H,1H3. The van der Waals surface area contributed by atoms with Crippen LogP contribution in [0.25, 0.3) is 33.3 Å². The van der Waals surface area contributed by atoms with Gasteiger partial charge in [-0.05, 0) is 41.5 Å². The molecule has 0 saturated carbocycles. The fourth-order valence-electron chi connectivity index (χ4n) is 3.00. The summed E-state index contributed by atoms with van der Waals surface area (Å²) in [5.74, 6) is 0.817. The summed E-state index contributed by atoms with van der Waals surface area (Å²) in [6.45, 7) is 0. The first kappa shape index (κ1) is 15.7. The number of benzene rings is 3. The van der Waals surface area contributed by atoms with Gasteiger partial charge in [-0.3, -0.25) is 0 Å². The summed E-state index contributed by atoms with van der Waals surface area (Å²) in [7, 11) is 1.68. The highest BCUT2D eigenvalue weighted by Crippen LogP contribution is 2.35. The topological polar surface area (TPSA) is 22.1 Å². The van der Waals surface area contributed by atoms with Crippen LogP contribution in [0.5, 0.6) is 5.75 Å². The average Bonchev–Trinajstić information content (AvgIpc) is 2.68. The molecule has 0 N–H and O–H groups in total. The zero-order chi connectivity index (χ0) is 17.2. The van der Waals surface area contributed by atoms with Crippen LogP contribution in [0.2, 0.25) is 5.02 Å². The molecule has 1 heterocycles. The Morgan fingerprint density at radius 2 is 1.56 bits per heavy atom. The predicted octanol–water partition coefficient (Wildman–Crippen LogP) is 6.23. The summed E-state index contributed by atoms with van der Waals surface area (Å²) in [6, 6.07) is 26.1. The van der Waals surface area contributed by atoms with Crippen molar-refractivity contribution in [3.63, 3.8) is 0 Å². The van der Waals surface area contributed by atoms with Gasteiger partial charge in [0.25, 0.3) is 0 Å². The minimum Gasteiger partial charge on any atom is -0.497 e. The SMILES string of the molecule is COc1ccc2nc(-c3ccccc3Cl)cc(-c3ccccc3)c2c1. The number of ether oxygens (including phenoxy) is 1. The zero-order valence-corrected chi connectivity index (χ0v) is 14.5. The molecule has 0 spiro atoms. The van der Waals surface area contributed by atoms with Gasteiger partial charge >= 0.3 is 0 Å². The molecule has 1 aromatic heterocycles. The summed E-state index contributed by atoms with van der Waals surface area (Å²) < 4.78 is 5.40. The minimum absolute atomic E-state index is 0.696. The lowest BCUT2D eigenvalue weighted by molar-refractivity contribution is 0.415. The number of aromatic nitrogens is 1. The third-order valence-corrected chi connectivity index (χ3v) is 4.58. The van der Waals surface area contributed by atoms with Crippen LogP contribution in [0.3, 0.4) is 0 Å². The molecule has 122 valence electrons. The molecule has 0 saturated heterocycles. The van der Waals surface area contributed by atoms with Crippen LogP contribution in [0.4, 0.5) is 0 Å². The first-order valence-corrected chi connectivity index (χ1v) is 8.43. The average molecular weight is 346 g/mol. The van der Waals surface area contributed by atoms with Gasteiger partial charge in [0.1, 0.15) is 5.75 Å². The van der Waals surface area contributed by atoms with Gasteiger partial charge in [-0.25, -0.2) is 4.98 Å². The van der Waals surface area contributed by atoms with Crippen molar-refractivity contribution in [3.8, 4) is 28.1 Å². The molecule has 0 aliphatic carbocycles. The Kier molecular flexibility index (Phi) is 4.12. The molecule has 0 fully saturated rings.